The van der Waals surface area contributed by atoms with E-state index in [1.807, 2.05) is 12.1 Å². The van der Waals surface area contributed by atoms with Gasteiger partial charge in [-0.3, -0.25) is 0 Å². The number of benzene rings is 1. The molecule has 3 rings (SSSR count). The predicted octanol–water partition coefficient (Wildman–Crippen LogP) is 3.34. The number of ether oxygens (including phenoxy) is 2. The molecule has 0 aliphatic carbocycles. The summed E-state index contributed by atoms with van der Waals surface area (Å²) >= 11 is 12.2. The van der Waals surface area contributed by atoms with Crippen molar-refractivity contribution in [1.29, 1.82) is 0 Å². The van der Waals surface area contributed by atoms with Crippen LogP contribution in [0.25, 0.3) is 0 Å². The van der Waals surface area contributed by atoms with Crippen LogP contribution in [0, 0.1) is 0 Å². The number of rotatable bonds is 4. The van der Waals surface area contributed by atoms with Gasteiger partial charge in [-0.05, 0) is 37.5 Å². The Morgan fingerprint density at radius 1 is 1.28 bits per heavy atom. The third-order valence-corrected chi connectivity index (χ3v) is 5.11. The standard InChI is InChI=1S/C18H25Cl2N3O2/c1-2-21-18(22-11-13-5-6-14(19)10-15(13)20)23-7-9-25-17(12-23)16-4-3-8-24-16/h5-6,10,16-17H,2-4,7-9,11-12H2,1H3,(H,21,22). The average Bonchev–Trinajstić information content (AvgIpc) is 3.15. The molecular weight excluding hydrogens is 361 g/mol. The maximum Gasteiger partial charge on any atom is 0.194 e. The SMILES string of the molecule is CCNC(=NCc1ccc(Cl)cc1Cl)N1CCOC(C2CCCO2)C1. The van der Waals surface area contributed by atoms with E-state index in [4.69, 9.17) is 37.7 Å². The van der Waals surface area contributed by atoms with Crippen LogP contribution < -0.4 is 5.32 Å². The van der Waals surface area contributed by atoms with Crippen molar-refractivity contribution in [3.8, 4) is 0 Å². The van der Waals surface area contributed by atoms with E-state index in [1.165, 1.54) is 0 Å². The summed E-state index contributed by atoms with van der Waals surface area (Å²) in [6.07, 6.45) is 2.51. The lowest BCUT2D eigenvalue weighted by molar-refractivity contribution is -0.0817. The van der Waals surface area contributed by atoms with E-state index < -0.39 is 0 Å². The summed E-state index contributed by atoms with van der Waals surface area (Å²) in [5, 5.41) is 4.66. The molecule has 138 valence electrons. The molecular formula is C18H25Cl2N3O2. The number of morpholine rings is 1. The molecule has 25 heavy (non-hydrogen) atoms. The zero-order valence-corrected chi connectivity index (χ0v) is 16.0. The number of aliphatic imine (C=N–C) groups is 1. The Balaban J connectivity index is 1.68. The van der Waals surface area contributed by atoms with Gasteiger partial charge >= 0.3 is 0 Å². The second-order valence-corrected chi connectivity index (χ2v) is 7.16. The highest BCUT2D eigenvalue weighted by Crippen LogP contribution is 2.23. The van der Waals surface area contributed by atoms with Crippen LogP contribution in [0.4, 0.5) is 0 Å². The molecule has 1 aromatic carbocycles. The van der Waals surface area contributed by atoms with Crippen LogP contribution in [0.3, 0.4) is 0 Å². The molecule has 2 atom stereocenters. The van der Waals surface area contributed by atoms with E-state index in [0.717, 1.165) is 50.6 Å². The van der Waals surface area contributed by atoms with Gasteiger partial charge in [0.2, 0.25) is 0 Å². The summed E-state index contributed by atoms with van der Waals surface area (Å²) in [4.78, 5) is 7.02. The van der Waals surface area contributed by atoms with Crippen LogP contribution >= 0.6 is 23.2 Å². The van der Waals surface area contributed by atoms with E-state index >= 15 is 0 Å². The zero-order chi connectivity index (χ0) is 17.6. The molecule has 0 saturated carbocycles. The third-order valence-electron chi connectivity index (χ3n) is 4.52. The van der Waals surface area contributed by atoms with Crippen molar-refractivity contribution in [3.05, 3.63) is 33.8 Å². The number of nitrogens with zero attached hydrogens (tertiary/aromatic N) is 2. The van der Waals surface area contributed by atoms with Gasteiger partial charge in [-0.1, -0.05) is 29.3 Å². The molecule has 0 bridgehead atoms. The predicted molar refractivity (Wildman–Crippen MR) is 102 cm³/mol. The fraction of sp³-hybridized carbons (Fsp3) is 0.611. The van der Waals surface area contributed by atoms with Crippen molar-refractivity contribution in [2.24, 2.45) is 4.99 Å². The topological polar surface area (TPSA) is 46.1 Å². The summed E-state index contributed by atoms with van der Waals surface area (Å²) in [5.41, 5.74) is 0.963. The normalized spacial score (nSPS) is 24.6. The van der Waals surface area contributed by atoms with Gasteiger partial charge < -0.3 is 19.7 Å². The number of hydrogen-bond donors (Lipinski definition) is 1. The minimum absolute atomic E-state index is 0.110. The van der Waals surface area contributed by atoms with E-state index in [-0.39, 0.29) is 12.2 Å². The molecule has 2 aliphatic rings. The van der Waals surface area contributed by atoms with Crippen molar-refractivity contribution in [2.45, 2.75) is 38.5 Å². The number of nitrogens with one attached hydrogen (secondary N) is 1. The Labute approximate surface area is 159 Å². The molecule has 5 nitrogen and oxygen atoms in total. The van der Waals surface area contributed by atoms with Crippen molar-refractivity contribution in [2.75, 3.05) is 32.8 Å². The van der Waals surface area contributed by atoms with Crippen LogP contribution in [-0.2, 0) is 16.0 Å². The quantitative estimate of drug-likeness (QED) is 0.637. The molecule has 2 unspecified atom stereocenters. The molecule has 1 aromatic rings. The average molecular weight is 386 g/mol. The molecule has 0 spiro atoms. The first-order valence-electron chi connectivity index (χ1n) is 8.87. The number of guanidine groups is 1. The van der Waals surface area contributed by atoms with Gasteiger partial charge in [-0.15, -0.1) is 0 Å². The van der Waals surface area contributed by atoms with Crippen LogP contribution in [-0.4, -0.2) is 55.9 Å². The van der Waals surface area contributed by atoms with Crippen molar-refractivity contribution in [1.82, 2.24) is 10.2 Å². The first-order valence-corrected chi connectivity index (χ1v) is 9.63. The number of hydrogen-bond acceptors (Lipinski definition) is 3. The third kappa shape index (κ3) is 5.00. The highest BCUT2D eigenvalue weighted by Gasteiger charge is 2.32. The summed E-state index contributed by atoms with van der Waals surface area (Å²) in [7, 11) is 0. The molecule has 0 aromatic heterocycles. The molecule has 7 heteroatoms. The summed E-state index contributed by atoms with van der Waals surface area (Å²) in [5.74, 6) is 0.889. The largest absolute Gasteiger partial charge is 0.375 e. The lowest BCUT2D eigenvalue weighted by atomic mass is 10.1. The number of halogens is 2. The van der Waals surface area contributed by atoms with Gasteiger partial charge in [0.1, 0.15) is 6.10 Å². The highest BCUT2D eigenvalue weighted by molar-refractivity contribution is 6.35. The minimum Gasteiger partial charge on any atom is -0.375 e. The van der Waals surface area contributed by atoms with Gasteiger partial charge in [0.15, 0.2) is 5.96 Å². The van der Waals surface area contributed by atoms with Gasteiger partial charge in [0, 0.05) is 36.3 Å². The highest BCUT2D eigenvalue weighted by atomic mass is 35.5. The molecule has 0 radical (unpaired) electrons. The van der Waals surface area contributed by atoms with Crippen LogP contribution in [0.1, 0.15) is 25.3 Å². The smallest absolute Gasteiger partial charge is 0.194 e. The Kier molecular flexibility index (Phi) is 6.82. The molecule has 0 amide bonds. The molecule has 2 aliphatic heterocycles. The van der Waals surface area contributed by atoms with Gasteiger partial charge in [-0.2, -0.15) is 0 Å². The van der Waals surface area contributed by atoms with Crippen LogP contribution in [0.5, 0.6) is 0 Å². The fourth-order valence-corrected chi connectivity index (χ4v) is 3.69. The summed E-state index contributed by atoms with van der Waals surface area (Å²) in [6.45, 7) is 6.55. The minimum atomic E-state index is 0.110. The maximum absolute atomic E-state index is 6.26. The van der Waals surface area contributed by atoms with E-state index in [2.05, 4.69) is 17.1 Å². The van der Waals surface area contributed by atoms with E-state index in [9.17, 15) is 0 Å². The fourth-order valence-electron chi connectivity index (χ4n) is 3.22. The lowest BCUT2D eigenvalue weighted by Crippen LogP contribution is -2.53. The Morgan fingerprint density at radius 2 is 2.12 bits per heavy atom. The Morgan fingerprint density at radius 3 is 2.84 bits per heavy atom. The van der Waals surface area contributed by atoms with Gasteiger partial charge in [0.25, 0.3) is 0 Å². The molecule has 2 heterocycles. The first-order chi connectivity index (χ1) is 12.2. The van der Waals surface area contributed by atoms with Gasteiger partial charge in [-0.25, -0.2) is 4.99 Å². The maximum atomic E-state index is 6.26. The van der Waals surface area contributed by atoms with Crippen molar-refractivity contribution >= 4 is 29.2 Å². The Bertz CT molecular complexity index is 606. The zero-order valence-electron chi connectivity index (χ0n) is 14.5. The molecule has 1 N–H and O–H groups in total. The second kappa shape index (κ2) is 9.08. The van der Waals surface area contributed by atoms with Crippen molar-refractivity contribution < 1.29 is 9.47 Å². The van der Waals surface area contributed by atoms with Crippen LogP contribution in [0.15, 0.2) is 23.2 Å². The van der Waals surface area contributed by atoms with E-state index in [0.29, 0.717) is 23.2 Å². The second-order valence-electron chi connectivity index (χ2n) is 6.31. The molecule has 2 saturated heterocycles. The van der Waals surface area contributed by atoms with E-state index in [1.54, 1.807) is 6.07 Å². The first kappa shape index (κ1) is 18.8. The van der Waals surface area contributed by atoms with Crippen LogP contribution in [0.2, 0.25) is 10.0 Å². The summed E-state index contributed by atoms with van der Waals surface area (Å²) < 4.78 is 11.7. The summed E-state index contributed by atoms with van der Waals surface area (Å²) in [6, 6.07) is 5.52. The Hall–Kier alpha value is -1.01. The monoisotopic (exact) mass is 385 g/mol. The lowest BCUT2D eigenvalue weighted by Gasteiger charge is -2.37. The van der Waals surface area contributed by atoms with Crippen molar-refractivity contribution in [3.63, 3.8) is 0 Å². The van der Waals surface area contributed by atoms with Gasteiger partial charge in [0.05, 0.1) is 19.3 Å². The molecule has 2 fully saturated rings.